The number of ether oxygens (including phenoxy) is 1. The Morgan fingerprint density at radius 1 is 0.750 bits per heavy atom. The van der Waals surface area contributed by atoms with Gasteiger partial charge in [-0.3, -0.25) is 4.79 Å². The van der Waals surface area contributed by atoms with E-state index in [1.165, 1.54) is 0 Å². The van der Waals surface area contributed by atoms with E-state index < -0.39 is 0 Å². The molecule has 0 aliphatic carbocycles. The van der Waals surface area contributed by atoms with Crippen LogP contribution in [0.25, 0.3) is 0 Å². The number of hydrogen-bond donors (Lipinski definition) is 0. The average Bonchev–Trinajstić information content (AvgIpc) is 2.27. The molecule has 0 unspecified atom stereocenters. The Morgan fingerprint density at radius 2 is 1.15 bits per heavy atom. The van der Waals surface area contributed by atoms with Gasteiger partial charge in [0.25, 0.3) is 0 Å². The Hall–Kier alpha value is 0.0129. The molecule has 0 heterocycles. The van der Waals surface area contributed by atoms with Crippen molar-refractivity contribution in [3.8, 4) is 0 Å². The molecule has 3 heteroatoms. The summed E-state index contributed by atoms with van der Waals surface area (Å²) in [6.45, 7) is 13.7. The Labute approximate surface area is 137 Å². The van der Waals surface area contributed by atoms with Crippen molar-refractivity contribution >= 4 is 23.6 Å². The first-order valence-electron chi connectivity index (χ1n) is 7.99. The van der Waals surface area contributed by atoms with Crippen LogP contribution in [0.5, 0.6) is 0 Å². The molecule has 0 aromatic rings. The first-order chi connectivity index (χ1) is 8.82. The second kappa shape index (κ2) is 12.7. The van der Waals surface area contributed by atoms with Gasteiger partial charge in [0.2, 0.25) is 0 Å². The van der Waals surface area contributed by atoms with Crippen LogP contribution < -0.4 is 0 Å². The van der Waals surface area contributed by atoms with Crippen molar-refractivity contribution in [2.75, 3.05) is 6.61 Å². The Morgan fingerprint density at radius 3 is 1.50 bits per heavy atom. The third-order valence-electron chi connectivity index (χ3n) is 3.46. The van der Waals surface area contributed by atoms with Gasteiger partial charge in [-0.2, -0.15) is 0 Å². The minimum absolute atomic E-state index is 0. The maximum absolute atomic E-state index is 12.1. The molecule has 0 saturated heterocycles. The van der Waals surface area contributed by atoms with Gasteiger partial charge >= 0.3 is 23.6 Å². The summed E-state index contributed by atoms with van der Waals surface area (Å²) in [5.41, 5.74) is 0. The molecule has 0 aliphatic heterocycles. The SMILES string of the molecule is CC(C)CCOC(=O)C(CCC(C)C)CCC(C)C.[GeH4]. The van der Waals surface area contributed by atoms with Gasteiger partial charge in [0.15, 0.2) is 0 Å². The summed E-state index contributed by atoms with van der Waals surface area (Å²) in [5.74, 6) is 2.05. The predicted molar refractivity (Wildman–Crippen MR) is 93.4 cm³/mol. The molecule has 0 aromatic heterocycles. The number of hydrogen-bond acceptors (Lipinski definition) is 2. The van der Waals surface area contributed by atoms with Crippen LogP contribution in [0.2, 0.25) is 0 Å². The van der Waals surface area contributed by atoms with E-state index in [9.17, 15) is 4.79 Å². The monoisotopic (exact) mass is 348 g/mol. The summed E-state index contributed by atoms with van der Waals surface area (Å²) in [7, 11) is 0. The van der Waals surface area contributed by atoms with Crippen molar-refractivity contribution < 1.29 is 9.53 Å². The van der Waals surface area contributed by atoms with Gasteiger partial charge in [-0.05, 0) is 37.0 Å². The molecule has 0 saturated carbocycles. The topological polar surface area (TPSA) is 26.3 Å². The fourth-order valence-electron chi connectivity index (χ4n) is 1.96. The van der Waals surface area contributed by atoms with Gasteiger partial charge in [0.1, 0.15) is 0 Å². The summed E-state index contributed by atoms with van der Waals surface area (Å²) in [4.78, 5) is 12.1. The number of rotatable bonds is 10. The molecule has 0 aromatic carbocycles. The molecule has 2 nitrogen and oxygen atoms in total. The quantitative estimate of drug-likeness (QED) is 0.446. The second-order valence-corrected chi connectivity index (χ2v) is 6.99. The molecular formula is C17H38GeO2. The zero-order valence-corrected chi connectivity index (χ0v) is 13.9. The van der Waals surface area contributed by atoms with E-state index in [-0.39, 0.29) is 29.5 Å². The van der Waals surface area contributed by atoms with Crippen LogP contribution in [0.4, 0.5) is 0 Å². The third-order valence-corrected chi connectivity index (χ3v) is 3.46. The second-order valence-electron chi connectivity index (χ2n) is 6.99. The van der Waals surface area contributed by atoms with Crippen LogP contribution in [-0.2, 0) is 9.53 Å². The Kier molecular flexibility index (Phi) is 14.2. The first kappa shape index (κ1) is 22.3. The summed E-state index contributed by atoms with van der Waals surface area (Å²) in [5, 5.41) is 0. The van der Waals surface area contributed by atoms with E-state index in [1.807, 2.05) is 0 Å². The standard InChI is InChI=1S/C17H34O2.GeH4/c1-13(2)7-9-16(10-8-14(3)4)17(18)19-12-11-15(5)6;/h13-16H,7-12H2,1-6H3;1H4. The van der Waals surface area contributed by atoms with Gasteiger partial charge in [0.05, 0.1) is 12.5 Å². The molecule has 122 valence electrons. The van der Waals surface area contributed by atoms with Crippen molar-refractivity contribution in [2.24, 2.45) is 23.7 Å². The molecule has 0 aliphatic rings. The summed E-state index contributed by atoms with van der Waals surface area (Å²) in [6.07, 6.45) is 5.15. The summed E-state index contributed by atoms with van der Waals surface area (Å²) < 4.78 is 5.44. The van der Waals surface area contributed by atoms with E-state index in [1.54, 1.807) is 0 Å². The van der Waals surface area contributed by atoms with Crippen molar-refractivity contribution in [3.63, 3.8) is 0 Å². The van der Waals surface area contributed by atoms with Crippen molar-refractivity contribution in [1.82, 2.24) is 0 Å². The van der Waals surface area contributed by atoms with Crippen LogP contribution in [0, 0.1) is 23.7 Å². The molecule has 0 spiro atoms. The number of esters is 1. The van der Waals surface area contributed by atoms with Crippen LogP contribution in [0.1, 0.15) is 73.6 Å². The Bertz CT molecular complexity index is 225. The Balaban J connectivity index is 0. The summed E-state index contributed by atoms with van der Waals surface area (Å²) >= 11 is 0. The molecule has 0 fully saturated rings. The molecule has 20 heavy (non-hydrogen) atoms. The van der Waals surface area contributed by atoms with E-state index in [2.05, 4.69) is 41.5 Å². The van der Waals surface area contributed by atoms with Crippen molar-refractivity contribution in [3.05, 3.63) is 0 Å². The van der Waals surface area contributed by atoms with Crippen molar-refractivity contribution in [2.45, 2.75) is 73.6 Å². The molecule has 0 rings (SSSR count). The molecule has 0 N–H and O–H groups in total. The fourth-order valence-corrected chi connectivity index (χ4v) is 1.96. The van der Waals surface area contributed by atoms with Crippen LogP contribution in [0.15, 0.2) is 0 Å². The van der Waals surface area contributed by atoms with Gasteiger partial charge in [-0.1, -0.05) is 54.4 Å². The predicted octanol–water partition coefficient (Wildman–Crippen LogP) is 3.61. The number of carbonyl (C=O) groups is 1. The van der Waals surface area contributed by atoms with E-state index in [4.69, 9.17) is 4.74 Å². The van der Waals surface area contributed by atoms with Crippen molar-refractivity contribution in [1.29, 1.82) is 0 Å². The molecular weight excluding hydrogens is 309 g/mol. The van der Waals surface area contributed by atoms with Crippen LogP contribution in [0.3, 0.4) is 0 Å². The molecule has 0 radical (unpaired) electrons. The fraction of sp³-hybridized carbons (Fsp3) is 0.941. The molecule has 0 atom stereocenters. The third kappa shape index (κ3) is 13.0. The van der Waals surface area contributed by atoms with E-state index in [0.29, 0.717) is 24.4 Å². The summed E-state index contributed by atoms with van der Waals surface area (Å²) in [6, 6.07) is 0. The van der Waals surface area contributed by atoms with Gasteiger partial charge in [0, 0.05) is 0 Å². The molecule has 0 amide bonds. The maximum atomic E-state index is 12.1. The van der Waals surface area contributed by atoms with E-state index >= 15 is 0 Å². The average molecular weight is 347 g/mol. The van der Waals surface area contributed by atoms with Gasteiger partial charge < -0.3 is 4.74 Å². The minimum atomic E-state index is 0. The zero-order chi connectivity index (χ0) is 14.8. The van der Waals surface area contributed by atoms with Crippen LogP contribution >= 0.6 is 0 Å². The zero-order valence-electron chi connectivity index (χ0n) is 13.9. The number of carbonyl (C=O) groups excluding carboxylic acids is 1. The van der Waals surface area contributed by atoms with E-state index in [0.717, 1.165) is 32.1 Å². The van der Waals surface area contributed by atoms with Gasteiger partial charge in [-0.15, -0.1) is 0 Å². The van der Waals surface area contributed by atoms with Crippen LogP contribution in [-0.4, -0.2) is 30.2 Å². The molecule has 0 bridgehead atoms. The van der Waals surface area contributed by atoms with Gasteiger partial charge in [-0.25, -0.2) is 0 Å². The first-order valence-corrected chi connectivity index (χ1v) is 7.99. The normalized spacial score (nSPS) is 11.3.